The van der Waals surface area contributed by atoms with Crippen LogP contribution in [0.25, 0.3) is 10.6 Å². The van der Waals surface area contributed by atoms with Crippen molar-refractivity contribution in [2.24, 2.45) is 0 Å². The Labute approximate surface area is 158 Å². The summed E-state index contributed by atoms with van der Waals surface area (Å²) in [5.74, 6) is 0.959. The van der Waals surface area contributed by atoms with Gasteiger partial charge in [-0.25, -0.2) is 4.98 Å². The van der Waals surface area contributed by atoms with Crippen molar-refractivity contribution in [3.63, 3.8) is 0 Å². The van der Waals surface area contributed by atoms with Gasteiger partial charge in [-0.2, -0.15) is 0 Å². The number of nitrogens with zero attached hydrogens (tertiary/aromatic N) is 2. The van der Waals surface area contributed by atoms with Crippen LogP contribution < -0.4 is 10.1 Å². The van der Waals surface area contributed by atoms with E-state index in [9.17, 15) is 0 Å². The SMILES string of the molecule is COc1ccccc1C1CNCCN1Cc1cnc(-c2ccccc2)s1. The Hall–Kier alpha value is -2.21. The summed E-state index contributed by atoms with van der Waals surface area (Å²) in [7, 11) is 1.74. The van der Waals surface area contributed by atoms with Gasteiger partial charge in [0.2, 0.25) is 0 Å². The van der Waals surface area contributed by atoms with E-state index in [4.69, 9.17) is 4.74 Å². The second-order valence-corrected chi connectivity index (χ2v) is 7.55. The van der Waals surface area contributed by atoms with Gasteiger partial charge in [-0.3, -0.25) is 4.90 Å². The topological polar surface area (TPSA) is 37.4 Å². The maximum Gasteiger partial charge on any atom is 0.123 e. The van der Waals surface area contributed by atoms with Gasteiger partial charge in [-0.1, -0.05) is 48.5 Å². The Morgan fingerprint density at radius 3 is 2.81 bits per heavy atom. The van der Waals surface area contributed by atoms with Crippen molar-refractivity contribution >= 4 is 11.3 Å². The zero-order chi connectivity index (χ0) is 17.8. The van der Waals surface area contributed by atoms with E-state index >= 15 is 0 Å². The maximum absolute atomic E-state index is 5.59. The number of thiazole rings is 1. The minimum atomic E-state index is 0.308. The van der Waals surface area contributed by atoms with Crippen molar-refractivity contribution in [3.8, 4) is 16.3 Å². The number of para-hydroxylation sites is 1. The van der Waals surface area contributed by atoms with Crippen LogP contribution in [0.5, 0.6) is 5.75 Å². The second-order valence-electron chi connectivity index (χ2n) is 6.43. The standard InChI is InChI=1S/C21H23N3OS/c1-25-20-10-6-5-9-18(20)19-14-22-11-12-24(19)15-17-13-23-21(26-17)16-7-3-2-4-8-16/h2-10,13,19,22H,11-12,14-15H2,1H3. The minimum Gasteiger partial charge on any atom is -0.496 e. The molecule has 0 amide bonds. The molecule has 0 bridgehead atoms. The summed E-state index contributed by atoms with van der Waals surface area (Å²) >= 11 is 1.78. The van der Waals surface area contributed by atoms with Crippen molar-refractivity contribution in [1.82, 2.24) is 15.2 Å². The molecule has 0 aliphatic carbocycles. The molecule has 2 aromatic carbocycles. The van der Waals surface area contributed by atoms with Gasteiger partial charge in [0.1, 0.15) is 10.8 Å². The number of piperazine rings is 1. The molecule has 134 valence electrons. The molecule has 0 saturated carbocycles. The van der Waals surface area contributed by atoms with Crippen molar-refractivity contribution in [2.75, 3.05) is 26.7 Å². The van der Waals surface area contributed by atoms with Gasteiger partial charge in [0.05, 0.1) is 13.2 Å². The number of nitrogens with one attached hydrogen (secondary N) is 1. The molecule has 4 rings (SSSR count). The van der Waals surface area contributed by atoms with E-state index in [1.807, 2.05) is 24.4 Å². The molecule has 1 fully saturated rings. The first-order chi connectivity index (χ1) is 12.8. The molecule has 0 spiro atoms. The normalized spacial score (nSPS) is 18.0. The van der Waals surface area contributed by atoms with Crippen molar-refractivity contribution < 1.29 is 4.74 Å². The predicted octanol–water partition coefficient (Wildman–Crippen LogP) is 3.97. The Kier molecular flexibility index (Phi) is 5.29. The fourth-order valence-electron chi connectivity index (χ4n) is 3.48. The molecule has 1 unspecified atom stereocenters. The fraction of sp³-hybridized carbons (Fsp3) is 0.286. The lowest BCUT2D eigenvalue weighted by Gasteiger charge is -2.36. The number of methoxy groups -OCH3 is 1. The Bertz CT molecular complexity index is 849. The van der Waals surface area contributed by atoms with E-state index in [-0.39, 0.29) is 0 Å². The number of hydrogen-bond acceptors (Lipinski definition) is 5. The molecule has 1 saturated heterocycles. The van der Waals surface area contributed by atoms with Gasteiger partial charge in [0.15, 0.2) is 0 Å². The average Bonchev–Trinajstić information content (AvgIpc) is 3.18. The summed E-state index contributed by atoms with van der Waals surface area (Å²) in [6, 6.07) is 19.0. The van der Waals surface area contributed by atoms with Gasteiger partial charge in [-0.05, 0) is 6.07 Å². The summed E-state index contributed by atoms with van der Waals surface area (Å²) in [5.41, 5.74) is 2.43. The van der Waals surface area contributed by atoms with Gasteiger partial charge >= 0.3 is 0 Å². The van der Waals surface area contributed by atoms with Crippen LogP contribution in [-0.2, 0) is 6.54 Å². The lowest BCUT2D eigenvalue weighted by molar-refractivity contribution is 0.152. The van der Waals surface area contributed by atoms with Crippen LogP contribution in [0.2, 0.25) is 0 Å². The van der Waals surface area contributed by atoms with E-state index < -0.39 is 0 Å². The third-order valence-electron chi connectivity index (χ3n) is 4.79. The van der Waals surface area contributed by atoms with Gasteiger partial charge in [0, 0.05) is 48.4 Å². The van der Waals surface area contributed by atoms with Crippen molar-refractivity contribution in [2.45, 2.75) is 12.6 Å². The summed E-state index contributed by atoms with van der Waals surface area (Å²) in [5, 5.41) is 4.61. The Morgan fingerprint density at radius 1 is 1.15 bits per heavy atom. The first kappa shape index (κ1) is 17.2. The quantitative estimate of drug-likeness (QED) is 0.742. The van der Waals surface area contributed by atoms with E-state index in [0.717, 1.165) is 36.9 Å². The Morgan fingerprint density at radius 2 is 1.96 bits per heavy atom. The molecular weight excluding hydrogens is 342 g/mol. The first-order valence-corrected chi connectivity index (χ1v) is 9.74. The minimum absolute atomic E-state index is 0.308. The highest BCUT2D eigenvalue weighted by Gasteiger charge is 2.26. The number of benzene rings is 2. The van der Waals surface area contributed by atoms with Crippen LogP contribution in [0.3, 0.4) is 0 Å². The smallest absolute Gasteiger partial charge is 0.123 e. The van der Waals surface area contributed by atoms with Gasteiger partial charge in [0.25, 0.3) is 0 Å². The number of aromatic nitrogens is 1. The zero-order valence-corrected chi connectivity index (χ0v) is 15.7. The van der Waals surface area contributed by atoms with E-state index in [1.165, 1.54) is 16.0 Å². The van der Waals surface area contributed by atoms with E-state index in [0.29, 0.717) is 6.04 Å². The lowest BCUT2D eigenvalue weighted by Crippen LogP contribution is -2.45. The third-order valence-corrected chi connectivity index (χ3v) is 5.82. The monoisotopic (exact) mass is 365 g/mol. The fourth-order valence-corrected chi connectivity index (χ4v) is 4.42. The van der Waals surface area contributed by atoms with Crippen LogP contribution in [0.15, 0.2) is 60.8 Å². The molecule has 1 N–H and O–H groups in total. The zero-order valence-electron chi connectivity index (χ0n) is 14.9. The van der Waals surface area contributed by atoms with E-state index in [2.05, 4.69) is 51.6 Å². The van der Waals surface area contributed by atoms with Crippen molar-refractivity contribution in [3.05, 3.63) is 71.2 Å². The molecule has 4 nitrogen and oxygen atoms in total. The molecule has 1 aromatic heterocycles. The van der Waals surface area contributed by atoms with Gasteiger partial charge < -0.3 is 10.1 Å². The summed E-state index contributed by atoms with van der Waals surface area (Å²) in [4.78, 5) is 8.46. The molecule has 3 aromatic rings. The lowest BCUT2D eigenvalue weighted by atomic mass is 10.0. The number of ether oxygens (including phenoxy) is 1. The van der Waals surface area contributed by atoms with Crippen LogP contribution in [0, 0.1) is 0 Å². The molecule has 0 radical (unpaired) electrons. The largest absolute Gasteiger partial charge is 0.496 e. The second kappa shape index (κ2) is 7.99. The van der Waals surface area contributed by atoms with Crippen LogP contribution >= 0.6 is 11.3 Å². The summed E-state index contributed by atoms with van der Waals surface area (Å²) < 4.78 is 5.59. The molecule has 26 heavy (non-hydrogen) atoms. The Balaban J connectivity index is 1.55. The molecule has 1 aliphatic heterocycles. The highest BCUT2D eigenvalue weighted by molar-refractivity contribution is 7.15. The molecule has 2 heterocycles. The number of hydrogen-bond donors (Lipinski definition) is 1. The van der Waals surface area contributed by atoms with Crippen LogP contribution in [0.4, 0.5) is 0 Å². The first-order valence-electron chi connectivity index (χ1n) is 8.93. The highest BCUT2D eigenvalue weighted by Crippen LogP contribution is 2.33. The molecule has 1 atom stereocenters. The summed E-state index contributed by atoms with van der Waals surface area (Å²) in [6.45, 7) is 3.87. The van der Waals surface area contributed by atoms with E-state index in [1.54, 1.807) is 18.4 Å². The van der Waals surface area contributed by atoms with Crippen LogP contribution in [0.1, 0.15) is 16.5 Å². The summed E-state index contributed by atoms with van der Waals surface area (Å²) in [6.07, 6.45) is 2.02. The maximum atomic E-state index is 5.59. The highest BCUT2D eigenvalue weighted by atomic mass is 32.1. The van der Waals surface area contributed by atoms with Gasteiger partial charge in [-0.15, -0.1) is 11.3 Å². The number of rotatable bonds is 5. The predicted molar refractivity (Wildman–Crippen MR) is 107 cm³/mol. The average molecular weight is 366 g/mol. The molecule has 1 aliphatic rings. The molecule has 5 heteroatoms. The van der Waals surface area contributed by atoms with Crippen molar-refractivity contribution in [1.29, 1.82) is 0 Å². The molecular formula is C21H23N3OS. The van der Waals surface area contributed by atoms with Crippen LogP contribution in [-0.4, -0.2) is 36.6 Å². The third kappa shape index (κ3) is 3.65.